The molecule has 1 aliphatic heterocycles. The summed E-state index contributed by atoms with van der Waals surface area (Å²) in [6.45, 7) is 2.05. The van der Waals surface area contributed by atoms with Crippen molar-refractivity contribution in [1.29, 1.82) is 0 Å². The van der Waals surface area contributed by atoms with Gasteiger partial charge in [0.15, 0.2) is 0 Å². The summed E-state index contributed by atoms with van der Waals surface area (Å²) < 4.78 is 5.13. The molecule has 0 spiro atoms. The number of methoxy groups -OCH3 is 1. The Morgan fingerprint density at radius 2 is 1.95 bits per heavy atom. The molecule has 1 heterocycles. The van der Waals surface area contributed by atoms with Crippen molar-refractivity contribution in [1.82, 2.24) is 0 Å². The number of nitrogens with zero attached hydrogens (tertiary/aromatic N) is 1. The number of ether oxygens (including phenoxy) is 1. The van der Waals surface area contributed by atoms with Gasteiger partial charge >= 0.3 is 0 Å². The van der Waals surface area contributed by atoms with E-state index in [1.807, 2.05) is 23.1 Å². The molecule has 4 nitrogen and oxygen atoms in total. The fourth-order valence-electron chi connectivity index (χ4n) is 2.83. The lowest BCUT2D eigenvalue weighted by Gasteiger charge is -2.23. The molecule has 0 aliphatic carbocycles. The van der Waals surface area contributed by atoms with E-state index in [0.717, 1.165) is 29.1 Å². The van der Waals surface area contributed by atoms with Crippen LogP contribution >= 0.6 is 0 Å². The minimum absolute atomic E-state index is 0.00803. The van der Waals surface area contributed by atoms with E-state index in [1.54, 1.807) is 31.4 Å². The molecule has 0 bridgehead atoms. The van der Waals surface area contributed by atoms with Crippen molar-refractivity contribution in [3.8, 4) is 5.75 Å². The Labute approximate surface area is 124 Å². The molecule has 0 radical (unpaired) electrons. The fraction of sp³-hybridized carbons (Fsp3) is 0.235. The average molecular weight is 282 g/mol. The van der Waals surface area contributed by atoms with Gasteiger partial charge in [-0.1, -0.05) is 0 Å². The molecule has 3 rings (SSSR count). The van der Waals surface area contributed by atoms with E-state index in [1.165, 1.54) is 0 Å². The molecule has 1 atom stereocenters. The van der Waals surface area contributed by atoms with Crippen LogP contribution in [-0.4, -0.2) is 19.1 Å². The van der Waals surface area contributed by atoms with Gasteiger partial charge in [0, 0.05) is 23.0 Å². The smallest absolute Gasteiger partial charge is 0.258 e. The average Bonchev–Trinajstić information content (AvgIpc) is 2.81. The highest BCUT2D eigenvalue weighted by atomic mass is 16.5. The Hall–Kier alpha value is -2.49. The summed E-state index contributed by atoms with van der Waals surface area (Å²) in [4.78, 5) is 14.6. The molecule has 0 aromatic heterocycles. The molecular weight excluding hydrogens is 264 g/mol. The number of carbonyl (C=O) groups is 1. The van der Waals surface area contributed by atoms with Crippen LogP contribution in [0, 0.1) is 0 Å². The third-order valence-electron chi connectivity index (χ3n) is 3.87. The summed E-state index contributed by atoms with van der Waals surface area (Å²) in [5.41, 5.74) is 9.30. The second-order valence-corrected chi connectivity index (χ2v) is 5.34. The van der Waals surface area contributed by atoms with Crippen LogP contribution in [-0.2, 0) is 6.42 Å². The summed E-state index contributed by atoms with van der Waals surface area (Å²) >= 11 is 0. The lowest BCUT2D eigenvalue weighted by Crippen LogP contribution is -2.35. The summed E-state index contributed by atoms with van der Waals surface area (Å²) in [6, 6.07) is 13.0. The standard InChI is InChI=1S/C17H18N2O2/c1-11-9-13-10-14(18)5-8-16(13)19(11)17(20)12-3-6-15(21-2)7-4-12/h3-8,10-11H,9,18H2,1-2H3. The van der Waals surface area contributed by atoms with Gasteiger partial charge in [-0.15, -0.1) is 0 Å². The van der Waals surface area contributed by atoms with E-state index in [-0.39, 0.29) is 11.9 Å². The highest BCUT2D eigenvalue weighted by molar-refractivity contribution is 6.07. The van der Waals surface area contributed by atoms with E-state index in [0.29, 0.717) is 5.56 Å². The molecule has 2 aromatic rings. The van der Waals surface area contributed by atoms with Crippen LogP contribution in [0.5, 0.6) is 5.75 Å². The molecule has 0 saturated carbocycles. The molecule has 1 unspecified atom stereocenters. The van der Waals surface area contributed by atoms with Gasteiger partial charge in [-0.3, -0.25) is 4.79 Å². The first-order chi connectivity index (χ1) is 10.1. The zero-order valence-corrected chi connectivity index (χ0v) is 12.2. The first-order valence-electron chi connectivity index (χ1n) is 6.96. The number of carbonyl (C=O) groups excluding carboxylic acids is 1. The molecule has 4 heteroatoms. The van der Waals surface area contributed by atoms with Gasteiger partial charge in [-0.25, -0.2) is 0 Å². The lowest BCUT2D eigenvalue weighted by molar-refractivity contribution is 0.0981. The van der Waals surface area contributed by atoms with Crippen molar-refractivity contribution in [3.05, 3.63) is 53.6 Å². The van der Waals surface area contributed by atoms with Crippen LogP contribution in [0.3, 0.4) is 0 Å². The second-order valence-electron chi connectivity index (χ2n) is 5.34. The summed E-state index contributed by atoms with van der Waals surface area (Å²) in [6.07, 6.45) is 0.836. The van der Waals surface area contributed by atoms with Gasteiger partial charge in [0.1, 0.15) is 5.75 Å². The molecule has 1 amide bonds. The zero-order valence-electron chi connectivity index (χ0n) is 12.2. The van der Waals surface area contributed by atoms with Gasteiger partial charge in [-0.2, -0.15) is 0 Å². The van der Waals surface area contributed by atoms with Crippen molar-refractivity contribution in [2.24, 2.45) is 0 Å². The molecule has 108 valence electrons. The second kappa shape index (κ2) is 5.13. The maximum atomic E-state index is 12.8. The number of hydrogen-bond acceptors (Lipinski definition) is 3. The molecule has 21 heavy (non-hydrogen) atoms. The molecule has 2 aromatic carbocycles. The Kier molecular flexibility index (Phi) is 3.29. The minimum Gasteiger partial charge on any atom is -0.497 e. The first-order valence-corrected chi connectivity index (χ1v) is 6.96. The molecular formula is C17H18N2O2. The number of hydrogen-bond donors (Lipinski definition) is 1. The van der Waals surface area contributed by atoms with Crippen LogP contribution in [0.1, 0.15) is 22.8 Å². The summed E-state index contributed by atoms with van der Waals surface area (Å²) in [5, 5.41) is 0. The van der Waals surface area contributed by atoms with Crippen LogP contribution in [0.25, 0.3) is 0 Å². The number of amides is 1. The van der Waals surface area contributed by atoms with E-state index in [9.17, 15) is 4.79 Å². The van der Waals surface area contributed by atoms with Crippen molar-refractivity contribution in [2.75, 3.05) is 17.7 Å². The Balaban J connectivity index is 1.94. The maximum Gasteiger partial charge on any atom is 0.258 e. The normalized spacial score (nSPS) is 16.7. The van der Waals surface area contributed by atoms with Gasteiger partial charge in [-0.05, 0) is 61.4 Å². The Morgan fingerprint density at radius 1 is 1.24 bits per heavy atom. The monoisotopic (exact) mass is 282 g/mol. The molecule has 2 N–H and O–H groups in total. The Morgan fingerprint density at radius 3 is 2.62 bits per heavy atom. The van der Waals surface area contributed by atoms with Crippen molar-refractivity contribution in [3.63, 3.8) is 0 Å². The van der Waals surface area contributed by atoms with Gasteiger partial charge in [0.25, 0.3) is 5.91 Å². The summed E-state index contributed by atoms with van der Waals surface area (Å²) in [5.74, 6) is 0.753. The van der Waals surface area contributed by atoms with Gasteiger partial charge in [0.05, 0.1) is 7.11 Å². The topological polar surface area (TPSA) is 55.6 Å². The predicted molar refractivity (Wildman–Crippen MR) is 83.8 cm³/mol. The Bertz CT molecular complexity index is 680. The van der Waals surface area contributed by atoms with Gasteiger partial charge in [0.2, 0.25) is 0 Å². The van der Waals surface area contributed by atoms with E-state index >= 15 is 0 Å². The maximum absolute atomic E-state index is 12.8. The van der Waals surface area contributed by atoms with Crippen LogP contribution < -0.4 is 15.4 Å². The van der Waals surface area contributed by atoms with Crippen LogP contribution in [0.15, 0.2) is 42.5 Å². The highest BCUT2D eigenvalue weighted by Crippen LogP contribution is 2.34. The number of fused-ring (bicyclic) bond motifs is 1. The number of benzene rings is 2. The third kappa shape index (κ3) is 2.33. The predicted octanol–water partition coefficient (Wildman–Crippen LogP) is 2.87. The number of nitrogens with two attached hydrogens (primary N) is 1. The van der Waals surface area contributed by atoms with Crippen molar-refractivity contribution in [2.45, 2.75) is 19.4 Å². The number of rotatable bonds is 2. The molecule has 1 aliphatic rings. The van der Waals surface area contributed by atoms with E-state index in [4.69, 9.17) is 10.5 Å². The largest absolute Gasteiger partial charge is 0.497 e. The van der Waals surface area contributed by atoms with Crippen LogP contribution in [0.2, 0.25) is 0 Å². The zero-order chi connectivity index (χ0) is 15.0. The summed E-state index contributed by atoms with van der Waals surface area (Å²) in [7, 11) is 1.61. The minimum atomic E-state index is 0.00803. The van der Waals surface area contributed by atoms with E-state index < -0.39 is 0 Å². The quantitative estimate of drug-likeness (QED) is 0.862. The molecule has 0 fully saturated rings. The fourth-order valence-corrected chi connectivity index (χ4v) is 2.83. The molecule has 0 saturated heterocycles. The lowest BCUT2D eigenvalue weighted by atomic mass is 10.1. The first kappa shape index (κ1) is 13.5. The van der Waals surface area contributed by atoms with Gasteiger partial charge < -0.3 is 15.4 Å². The SMILES string of the molecule is COc1ccc(C(=O)N2c3ccc(N)cc3CC2C)cc1. The van der Waals surface area contributed by atoms with E-state index in [2.05, 4.69) is 6.92 Å². The highest BCUT2D eigenvalue weighted by Gasteiger charge is 2.31. The third-order valence-corrected chi connectivity index (χ3v) is 3.87. The number of anilines is 2. The van der Waals surface area contributed by atoms with Crippen LogP contribution in [0.4, 0.5) is 11.4 Å². The van der Waals surface area contributed by atoms with Crippen molar-refractivity contribution < 1.29 is 9.53 Å². The van der Waals surface area contributed by atoms with Crippen molar-refractivity contribution >= 4 is 17.3 Å². The number of nitrogen functional groups attached to an aromatic ring is 1.